The van der Waals surface area contributed by atoms with Gasteiger partial charge in [0.15, 0.2) is 0 Å². The van der Waals surface area contributed by atoms with E-state index in [1.807, 2.05) is 0 Å². The molecule has 0 aromatic rings. The maximum atomic E-state index is 7.78. The summed E-state index contributed by atoms with van der Waals surface area (Å²) in [6.45, 7) is 7.09. The van der Waals surface area contributed by atoms with Gasteiger partial charge in [0.2, 0.25) is 0 Å². The molecule has 0 aliphatic carbocycles. The first kappa shape index (κ1) is 11.9. The fraction of sp³-hybridized carbons (Fsp3) is 0.923. The highest BCUT2D eigenvalue weighted by Crippen LogP contribution is 2.17. The average molecular weight is 223 g/mol. The largest absolute Gasteiger partial charge is 0.360 e. The predicted octanol–water partition coefficient (Wildman–Crippen LogP) is 2.32. The van der Waals surface area contributed by atoms with Crippen molar-refractivity contribution in [1.82, 2.24) is 9.80 Å². The van der Waals surface area contributed by atoms with E-state index in [0.29, 0.717) is 0 Å². The van der Waals surface area contributed by atoms with Crippen molar-refractivity contribution in [3.05, 3.63) is 0 Å². The number of nitrogens with zero attached hydrogens (tertiary/aromatic N) is 2. The zero-order valence-corrected chi connectivity index (χ0v) is 10.5. The third-order valence-corrected chi connectivity index (χ3v) is 4.04. The SMILES string of the molecule is CC1CCCCN1CCCN1CCCC1=N. The van der Waals surface area contributed by atoms with Crippen molar-refractivity contribution in [2.75, 3.05) is 26.2 Å². The number of likely N-dealkylation sites (tertiary alicyclic amines) is 2. The Morgan fingerprint density at radius 2 is 2.06 bits per heavy atom. The first-order chi connectivity index (χ1) is 7.77. The Hall–Kier alpha value is -0.570. The molecule has 2 rings (SSSR count). The van der Waals surface area contributed by atoms with Gasteiger partial charge in [0, 0.05) is 32.1 Å². The van der Waals surface area contributed by atoms with Crippen LogP contribution in [0.4, 0.5) is 0 Å². The lowest BCUT2D eigenvalue weighted by Gasteiger charge is -2.33. The molecular formula is C13H25N3. The third-order valence-electron chi connectivity index (χ3n) is 4.04. The van der Waals surface area contributed by atoms with Crippen LogP contribution < -0.4 is 0 Å². The number of amidine groups is 1. The fourth-order valence-electron chi connectivity index (χ4n) is 2.93. The minimum atomic E-state index is 0.784. The second kappa shape index (κ2) is 5.67. The van der Waals surface area contributed by atoms with Crippen LogP contribution in [-0.2, 0) is 0 Å². The van der Waals surface area contributed by atoms with Crippen LogP contribution >= 0.6 is 0 Å². The smallest absolute Gasteiger partial charge is 0.0958 e. The van der Waals surface area contributed by atoms with Gasteiger partial charge < -0.3 is 9.80 Å². The summed E-state index contributed by atoms with van der Waals surface area (Å²) < 4.78 is 0. The van der Waals surface area contributed by atoms with E-state index in [9.17, 15) is 0 Å². The van der Waals surface area contributed by atoms with Gasteiger partial charge in [-0.1, -0.05) is 6.42 Å². The maximum Gasteiger partial charge on any atom is 0.0958 e. The van der Waals surface area contributed by atoms with Crippen LogP contribution in [0.2, 0.25) is 0 Å². The summed E-state index contributed by atoms with van der Waals surface area (Å²) in [6, 6.07) is 0.784. The van der Waals surface area contributed by atoms with Gasteiger partial charge in [0.05, 0.1) is 5.84 Å². The van der Waals surface area contributed by atoms with Crippen molar-refractivity contribution < 1.29 is 0 Å². The van der Waals surface area contributed by atoms with Crippen molar-refractivity contribution in [1.29, 1.82) is 5.41 Å². The van der Waals surface area contributed by atoms with Crippen LogP contribution in [0.15, 0.2) is 0 Å². The molecule has 0 amide bonds. The Kier molecular flexibility index (Phi) is 4.22. The Morgan fingerprint density at radius 1 is 1.19 bits per heavy atom. The summed E-state index contributed by atoms with van der Waals surface area (Å²) in [5.74, 6) is 0.867. The van der Waals surface area contributed by atoms with Gasteiger partial charge >= 0.3 is 0 Å². The minimum absolute atomic E-state index is 0.784. The minimum Gasteiger partial charge on any atom is -0.360 e. The first-order valence-corrected chi connectivity index (χ1v) is 6.84. The molecule has 0 aromatic carbocycles. The average Bonchev–Trinajstić information content (AvgIpc) is 2.67. The number of piperidine rings is 1. The molecule has 2 aliphatic rings. The molecule has 1 N–H and O–H groups in total. The molecule has 3 heteroatoms. The normalized spacial score (nSPS) is 27.7. The van der Waals surface area contributed by atoms with Crippen molar-refractivity contribution in [2.24, 2.45) is 0 Å². The zero-order valence-electron chi connectivity index (χ0n) is 10.5. The molecule has 2 heterocycles. The molecule has 2 aliphatic heterocycles. The number of hydrogen-bond acceptors (Lipinski definition) is 2. The summed E-state index contributed by atoms with van der Waals surface area (Å²) in [6.07, 6.45) is 7.59. The molecule has 0 bridgehead atoms. The van der Waals surface area contributed by atoms with Gasteiger partial charge in [-0.15, -0.1) is 0 Å². The predicted molar refractivity (Wildman–Crippen MR) is 68.0 cm³/mol. The van der Waals surface area contributed by atoms with Crippen LogP contribution in [0.25, 0.3) is 0 Å². The van der Waals surface area contributed by atoms with E-state index in [0.717, 1.165) is 31.4 Å². The van der Waals surface area contributed by atoms with E-state index in [2.05, 4.69) is 16.7 Å². The van der Waals surface area contributed by atoms with Crippen LogP contribution in [0, 0.1) is 5.41 Å². The van der Waals surface area contributed by atoms with Gasteiger partial charge in [0.1, 0.15) is 0 Å². The number of hydrogen-bond donors (Lipinski definition) is 1. The van der Waals surface area contributed by atoms with E-state index in [4.69, 9.17) is 5.41 Å². The summed E-state index contributed by atoms with van der Waals surface area (Å²) in [4.78, 5) is 4.89. The highest BCUT2D eigenvalue weighted by atomic mass is 15.2. The van der Waals surface area contributed by atoms with E-state index >= 15 is 0 Å². The van der Waals surface area contributed by atoms with Gasteiger partial charge in [-0.05, 0) is 39.2 Å². The van der Waals surface area contributed by atoms with Crippen molar-refractivity contribution in [2.45, 2.75) is 51.5 Å². The van der Waals surface area contributed by atoms with Crippen LogP contribution in [-0.4, -0.2) is 47.9 Å². The summed E-state index contributed by atoms with van der Waals surface area (Å²) >= 11 is 0. The molecule has 2 fully saturated rings. The quantitative estimate of drug-likeness (QED) is 0.793. The molecule has 3 nitrogen and oxygen atoms in total. The third kappa shape index (κ3) is 2.97. The van der Waals surface area contributed by atoms with E-state index < -0.39 is 0 Å². The van der Waals surface area contributed by atoms with Gasteiger partial charge in [0.25, 0.3) is 0 Å². The number of nitrogens with one attached hydrogen (secondary N) is 1. The van der Waals surface area contributed by atoms with Gasteiger partial charge in [-0.2, -0.15) is 0 Å². The second-order valence-corrected chi connectivity index (χ2v) is 5.27. The zero-order chi connectivity index (χ0) is 11.4. The summed E-state index contributed by atoms with van der Waals surface area (Å²) in [5, 5.41) is 7.78. The summed E-state index contributed by atoms with van der Waals surface area (Å²) in [5.41, 5.74) is 0. The molecule has 16 heavy (non-hydrogen) atoms. The van der Waals surface area contributed by atoms with Crippen LogP contribution in [0.3, 0.4) is 0 Å². The lowest BCUT2D eigenvalue weighted by atomic mass is 10.0. The Labute approximate surface area is 99.3 Å². The van der Waals surface area contributed by atoms with Crippen LogP contribution in [0.1, 0.15) is 45.4 Å². The second-order valence-electron chi connectivity index (χ2n) is 5.27. The van der Waals surface area contributed by atoms with Gasteiger partial charge in [-0.3, -0.25) is 5.41 Å². The lowest BCUT2D eigenvalue weighted by molar-refractivity contribution is 0.155. The Morgan fingerprint density at radius 3 is 2.75 bits per heavy atom. The summed E-state index contributed by atoms with van der Waals surface area (Å²) in [7, 11) is 0. The number of rotatable bonds is 4. The highest BCUT2D eigenvalue weighted by molar-refractivity contribution is 5.80. The lowest BCUT2D eigenvalue weighted by Crippen LogP contribution is -2.39. The maximum absolute atomic E-state index is 7.78. The van der Waals surface area contributed by atoms with E-state index in [1.165, 1.54) is 45.2 Å². The van der Waals surface area contributed by atoms with Crippen molar-refractivity contribution in [3.63, 3.8) is 0 Å². The molecule has 0 radical (unpaired) electrons. The van der Waals surface area contributed by atoms with Crippen molar-refractivity contribution >= 4 is 5.84 Å². The molecule has 0 saturated carbocycles. The van der Waals surface area contributed by atoms with E-state index in [1.54, 1.807) is 0 Å². The first-order valence-electron chi connectivity index (χ1n) is 6.84. The molecule has 0 aromatic heterocycles. The van der Waals surface area contributed by atoms with Crippen molar-refractivity contribution in [3.8, 4) is 0 Å². The fourth-order valence-corrected chi connectivity index (χ4v) is 2.93. The molecule has 92 valence electrons. The molecule has 1 atom stereocenters. The molecular weight excluding hydrogens is 198 g/mol. The Bertz CT molecular complexity index is 239. The molecule has 1 unspecified atom stereocenters. The molecule has 0 spiro atoms. The monoisotopic (exact) mass is 223 g/mol. The standard InChI is InChI=1S/C13H25N3/c1-12-6-2-3-8-15(12)10-5-11-16-9-4-7-13(16)14/h12,14H,2-11H2,1H3. The molecule has 2 saturated heterocycles. The Balaban J connectivity index is 1.65. The highest BCUT2D eigenvalue weighted by Gasteiger charge is 2.19. The van der Waals surface area contributed by atoms with Crippen LogP contribution in [0.5, 0.6) is 0 Å². The topological polar surface area (TPSA) is 30.3 Å². The van der Waals surface area contributed by atoms with E-state index in [-0.39, 0.29) is 0 Å². The van der Waals surface area contributed by atoms with Gasteiger partial charge in [-0.25, -0.2) is 0 Å².